The maximum atomic E-state index is 13.9. The zero-order valence-electron chi connectivity index (χ0n) is 9.77. The molecule has 1 aromatic carbocycles. The third-order valence-electron chi connectivity index (χ3n) is 3.18. The Morgan fingerprint density at radius 3 is 2.88 bits per heavy atom. The van der Waals surface area contributed by atoms with Crippen molar-refractivity contribution in [3.8, 4) is 0 Å². The summed E-state index contributed by atoms with van der Waals surface area (Å²) in [6.07, 6.45) is 3.51. The summed E-state index contributed by atoms with van der Waals surface area (Å²) in [5, 5.41) is 3.62. The van der Waals surface area contributed by atoms with Crippen molar-refractivity contribution in [2.45, 2.75) is 38.1 Å². The lowest BCUT2D eigenvalue weighted by Crippen LogP contribution is -2.19. The molecular weight excluding hydrogens is 305 g/mol. The number of halogens is 3. The molecule has 1 aliphatic carbocycles. The molecule has 1 unspecified atom stereocenters. The summed E-state index contributed by atoms with van der Waals surface area (Å²) in [5.41, 5.74) is 0.704. The van der Waals surface area contributed by atoms with Gasteiger partial charge in [-0.25, -0.2) is 4.39 Å². The van der Waals surface area contributed by atoms with Gasteiger partial charge in [-0.2, -0.15) is 0 Å². The van der Waals surface area contributed by atoms with Crippen molar-refractivity contribution in [1.82, 2.24) is 5.32 Å². The Bertz CT molecular complexity index is 407. The standard InChI is InChI=1S/C13H16BrClFN/c1-8(6-7-17-9-2-3-9)10-4-5-11(14)12(15)13(10)16/h4-5,8-9,17H,2-3,6-7H2,1H3. The zero-order chi connectivity index (χ0) is 12.4. The summed E-state index contributed by atoms with van der Waals surface area (Å²) in [5.74, 6) is -0.105. The second kappa shape index (κ2) is 5.68. The largest absolute Gasteiger partial charge is 0.314 e. The average molecular weight is 321 g/mol. The summed E-state index contributed by atoms with van der Waals surface area (Å²) in [6.45, 7) is 2.98. The molecule has 4 heteroatoms. The molecule has 1 nitrogen and oxygen atoms in total. The fraction of sp³-hybridized carbons (Fsp3) is 0.538. The summed E-state index contributed by atoms with van der Waals surface area (Å²) in [7, 11) is 0. The minimum absolute atomic E-state index is 0.185. The predicted octanol–water partition coefficient (Wildman–Crippen LogP) is 4.49. The number of rotatable bonds is 5. The van der Waals surface area contributed by atoms with Gasteiger partial charge in [-0.15, -0.1) is 0 Å². The predicted molar refractivity (Wildman–Crippen MR) is 73.2 cm³/mol. The van der Waals surface area contributed by atoms with E-state index in [1.165, 1.54) is 12.8 Å². The Morgan fingerprint density at radius 2 is 2.24 bits per heavy atom. The Balaban J connectivity index is 1.97. The maximum absolute atomic E-state index is 13.9. The topological polar surface area (TPSA) is 12.0 Å². The molecule has 1 N–H and O–H groups in total. The quantitative estimate of drug-likeness (QED) is 0.788. The summed E-state index contributed by atoms with van der Waals surface area (Å²) in [6, 6.07) is 4.33. The first-order chi connectivity index (χ1) is 8.09. The first-order valence-electron chi connectivity index (χ1n) is 5.96. The van der Waals surface area contributed by atoms with Crippen LogP contribution in [-0.2, 0) is 0 Å². The lowest BCUT2D eigenvalue weighted by atomic mass is 9.97. The van der Waals surface area contributed by atoms with E-state index in [0.29, 0.717) is 16.1 Å². The SMILES string of the molecule is CC(CCNC1CC1)c1ccc(Br)c(Cl)c1F. The van der Waals surface area contributed by atoms with Crippen molar-refractivity contribution < 1.29 is 4.39 Å². The van der Waals surface area contributed by atoms with E-state index in [4.69, 9.17) is 11.6 Å². The van der Waals surface area contributed by atoms with Crippen LogP contribution in [0.1, 0.15) is 37.7 Å². The van der Waals surface area contributed by atoms with Crippen molar-refractivity contribution in [3.63, 3.8) is 0 Å². The Kier molecular flexibility index (Phi) is 4.45. The molecular formula is C13H16BrClFN. The van der Waals surface area contributed by atoms with Crippen LogP contribution in [0.25, 0.3) is 0 Å². The van der Waals surface area contributed by atoms with Crippen LogP contribution in [0, 0.1) is 5.82 Å². The van der Waals surface area contributed by atoms with Gasteiger partial charge in [0.05, 0.1) is 5.02 Å². The highest BCUT2D eigenvalue weighted by Gasteiger charge is 2.21. The number of hydrogen-bond acceptors (Lipinski definition) is 1. The number of hydrogen-bond donors (Lipinski definition) is 1. The van der Waals surface area contributed by atoms with E-state index in [1.807, 2.05) is 19.1 Å². The summed E-state index contributed by atoms with van der Waals surface area (Å²) < 4.78 is 14.5. The van der Waals surface area contributed by atoms with Gasteiger partial charge in [0.15, 0.2) is 0 Å². The molecule has 94 valence electrons. The minimum Gasteiger partial charge on any atom is -0.314 e. The van der Waals surface area contributed by atoms with E-state index < -0.39 is 0 Å². The first kappa shape index (κ1) is 13.3. The molecule has 0 spiro atoms. The number of benzene rings is 1. The van der Waals surface area contributed by atoms with E-state index in [-0.39, 0.29) is 16.8 Å². The number of nitrogens with one attached hydrogen (secondary N) is 1. The molecule has 0 saturated heterocycles. The molecule has 0 aliphatic heterocycles. The summed E-state index contributed by atoms with van der Waals surface area (Å²) >= 11 is 9.11. The molecule has 0 amide bonds. The van der Waals surface area contributed by atoms with Gasteiger partial charge in [-0.05, 0) is 59.3 Å². The van der Waals surface area contributed by atoms with Crippen LogP contribution in [0.3, 0.4) is 0 Å². The van der Waals surface area contributed by atoms with Crippen molar-refractivity contribution in [2.75, 3.05) is 6.54 Å². The fourth-order valence-corrected chi connectivity index (χ4v) is 2.35. The van der Waals surface area contributed by atoms with Crippen molar-refractivity contribution >= 4 is 27.5 Å². The van der Waals surface area contributed by atoms with Crippen LogP contribution in [0.5, 0.6) is 0 Å². The molecule has 0 aromatic heterocycles. The third-order valence-corrected chi connectivity index (χ3v) is 4.44. The van der Waals surface area contributed by atoms with E-state index in [0.717, 1.165) is 13.0 Å². The molecule has 1 aromatic rings. The Labute approximate surface area is 115 Å². The second-order valence-corrected chi connectivity index (χ2v) is 5.91. The molecule has 0 radical (unpaired) electrons. The van der Waals surface area contributed by atoms with Gasteiger partial charge < -0.3 is 5.32 Å². The van der Waals surface area contributed by atoms with Crippen LogP contribution < -0.4 is 5.32 Å². The van der Waals surface area contributed by atoms with Crippen molar-refractivity contribution in [1.29, 1.82) is 0 Å². The van der Waals surface area contributed by atoms with Crippen LogP contribution in [0.15, 0.2) is 16.6 Å². The Hall–Kier alpha value is -0.120. The molecule has 0 bridgehead atoms. The highest BCUT2D eigenvalue weighted by atomic mass is 79.9. The zero-order valence-corrected chi connectivity index (χ0v) is 12.1. The highest BCUT2D eigenvalue weighted by Crippen LogP contribution is 2.32. The molecule has 1 atom stereocenters. The lowest BCUT2D eigenvalue weighted by Gasteiger charge is -2.14. The maximum Gasteiger partial charge on any atom is 0.146 e. The van der Waals surface area contributed by atoms with Gasteiger partial charge in [0.25, 0.3) is 0 Å². The molecule has 1 fully saturated rings. The van der Waals surface area contributed by atoms with Crippen LogP contribution in [0.4, 0.5) is 4.39 Å². The van der Waals surface area contributed by atoms with Gasteiger partial charge in [0, 0.05) is 10.5 Å². The lowest BCUT2D eigenvalue weighted by molar-refractivity contribution is 0.551. The first-order valence-corrected chi connectivity index (χ1v) is 7.13. The van der Waals surface area contributed by atoms with Crippen molar-refractivity contribution in [3.05, 3.63) is 33.0 Å². The summed E-state index contributed by atoms with van der Waals surface area (Å²) in [4.78, 5) is 0. The Morgan fingerprint density at radius 1 is 1.53 bits per heavy atom. The smallest absolute Gasteiger partial charge is 0.146 e. The average Bonchev–Trinajstić information content (AvgIpc) is 3.10. The molecule has 2 rings (SSSR count). The normalized spacial score (nSPS) is 17.2. The van der Waals surface area contributed by atoms with Crippen LogP contribution >= 0.6 is 27.5 Å². The van der Waals surface area contributed by atoms with Crippen molar-refractivity contribution in [2.24, 2.45) is 0 Å². The fourth-order valence-electron chi connectivity index (χ4n) is 1.87. The van der Waals surface area contributed by atoms with Gasteiger partial charge in [-0.3, -0.25) is 0 Å². The van der Waals surface area contributed by atoms with Crippen LogP contribution in [-0.4, -0.2) is 12.6 Å². The molecule has 0 heterocycles. The van der Waals surface area contributed by atoms with Gasteiger partial charge in [0.2, 0.25) is 0 Å². The van der Waals surface area contributed by atoms with Gasteiger partial charge in [-0.1, -0.05) is 24.6 Å². The third kappa shape index (κ3) is 3.43. The van der Waals surface area contributed by atoms with E-state index in [9.17, 15) is 4.39 Å². The van der Waals surface area contributed by atoms with Crippen LogP contribution in [0.2, 0.25) is 5.02 Å². The highest BCUT2D eigenvalue weighted by molar-refractivity contribution is 9.10. The molecule has 1 aliphatic rings. The van der Waals surface area contributed by atoms with E-state index >= 15 is 0 Å². The van der Waals surface area contributed by atoms with E-state index in [2.05, 4.69) is 21.2 Å². The monoisotopic (exact) mass is 319 g/mol. The molecule has 1 saturated carbocycles. The minimum atomic E-state index is -0.292. The van der Waals surface area contributed by atoms with Gasteiger partial charge in [0.1, 0.15) is 5.82 Å². The van der Waals surface area contributed by atoms with E-state index in [1.54, 1.807) is 0 Å². The molecule has 17 heavy (non-hydrogen) atoms. The second-order valence-electron chi connectivity index (χ2n) is 4.68. The van der Waals surface area contributed by atoms with Gasteiger partial charge >= 0.3 is 0 Å².